The maximum atomic E-state index is 2.57. The first-order valence-corrected chi connectivity index (χ1v) is 15.7. The van der Waals surface area contributed by atoms with E-state index in [-0.39, 0.29) is 46.5 Å². The molecule has 0 atom stereocenters. The minimum absolute atomic E-state index is 0. The number of hydrogen-bond donors (Lipinski definition) is 0. The molecule has 138 valence electrons. The van der Waals surface area contributed by atoms with Crippen molar-refractivity contribution in [1.82, 2.24) is 0 Å². The predicted octanol–water partition coefficient (Wildman–Crippen LogP) is -0.954. The molecule has 0 aliphatic carbocycles. The molecule has 4 aromatic carbocycles. The molecule has 0 saturated heterocycles. The molecule has 27 heavy (non-hydrogen) atoms. The van der Waals surface area contributed by atoms with Gasteiger partial charge in [-0.3, -0.25) is 0 Å². The monoisotopic (exact) mass is 462 g/mol. The molecule has 0 saturated carbocycles. The van der Waals surface area contributed by atoms with E-state index in [0.717, 1.165) is 0 Å². The minimum atomic E-state index is -1.55. The Hall–Kier alpha value is -0.612. The van der Waals surface area contributed by atoms with E-state index in [1.807, 2.05) is 0 Å². The summed E-state index contributed by atoms with van der Waals surface area (Å²) >= 11 is 0. The Morgan fingerprint density at radius 1 is 0.593 bits per heavy atom. The van der Waals surface area contributed by atoms with E-state index in [1.165, 1.54) is 21.5 Å². The van der Waals surface area contributed by atoms with Crippen molar-refractivity contribution in [3.8, 4) is 0 Å². The molecule has 5 heteroatoms. The van der Waals surface area contributed by atoms with Gasteiger partial charge in [0.2, 0.25) is 0 Å². The average Bonchev–Trinajstić information content (AvgIpc) is 3.19. The van der Waals surface area contributed by atoms with Crippen molar-refractivity contribution in [1.29, 1.82) is 0 Å². The summed E-state index contributed by atoms with van der Waals surface area (Å²) in [6.45, 7) is 10.3. The second-order valence-corrected chi connectivity index (χ2v) is 23.2. The summed E-state index contributed by atoms with van der Waals surface area (Å²) in [5.74, 6) is 0. The average molecular weight is 463 g/mol. The smallest absolute Gasteiger partial charge is 1.00 e. The van der Waals surface area contributed by atoms with Crippen molar-refractivity contribution in [2.45, 2.75) is 26.2 Å². The number of rotatable bonds is 3. The summed E-state index contributed by atoms with van der Waals surface area (Å²) in [6, 6.07) is 27.4. The minimum Gasteiger partial charge on any atom is -1.00 e. The van der Waals surface area contributed by atoms with Crippen LogP contribution in [-0.2, 0) is 21.7 Å². The van der Waals surface area contributed by atoms with Crippen LogP contribution in [0, 0.1) is 0 Å². The fourth-order valence-electron chi connectivity index (χ4n) is 3.74. The number of fused-ring (bicyclic) bond motifs is 2. The van der Waals surface area contributed by atoms with Crippen molar-refractivity contribution in [2.75, 3.05) is 0 Å². The molecule has 4 rings (SSSR count). The van der Waals surface area contributed by atoms with Crippen LogP contribution in [0.4, 0.5) is 0 Å². The van der Waals surface area contributed by atoms with Gasteiger partial charge in [-0.2, -0.15) is 33.3 Å². The van der Waals surface area contributed by atoms with Gasteiger partial charge in [0.15, 0.2) is 0 Å². The molecule has 0 bridgehead atoms. The van der Waals surface area contributed by atoms with Crippen molar-refractivity contribution in [3.63, 3.8) is 0 Å². The summed E-state index contributed by atoms with van der Waals surface area (Å²) in [5, 5.41) is 8.81. The van der Waals surface area contributed by atoms with Crippen LogP contribution in [0.1, 0.15) is 0 Å². The van der Waals surface area contributed by atoms with Crippen molar-refractivity contribution >= 4 is 47.1 Å². The van der Waals surface area contributed by atoms with E-state index in [4.69, 9.17) is 0 Å². The number of halogens is 2. The zero-order valence-electron chi connectivity index (χ0n) is 16.2. The fraction of sp³-hybridized carbons (Fsp3) is 0.182. The van der Waals surface area contributed by atoms with Gasteiger partial charge in [0, 0.05) is 0 Å². The van der Waals surface area contributed by atoms with Crippen molar-refractivity contribution < 1.29 is 46.5 Å². The van der Waals surface area contributed by atoms with Crippen LogP contribution in [0.3, 0.4) is 0 Å². The molecule has 4 aromatic rings. The van der Waals surface area contributed by atoms with E-state index >= 15 is 0 Å². The largest absolute Gasteiger partial charge is 4.00 e. The first-order chi connectivity index (χ1) is 11.4. The molecule has 0 aliphatic rings. The van der Waals surface area contributed by atoms with E-state index in [9.17, 15) is 0 Å². The van der Waals surface area contributed by atoms with Gasteiger partial charge in [0.1, 0.15) is 0 Å². The molecular formula is C22H24Cl2Si2Ti. The van der Waals surface area contributed by atoms with Crippen LogP contribution in [0.25, 0.3) is 21.5 Å². The molecule has 0 spiro atoms. The second kappa shape index (κ2) is 8.82. The first kappa shape index (κ1) is 24.4. The molecule has 0 N–H and O–H groups in total. The van der Waals surface area contributed by atoms with E-state index in [0.29, 0.717) is 0 Å². The first-order valence-electron chi connectivity index (χ1n) is 8.71. The number of hydrogen-bond acceptors (Lipinski definition) is 0. The topological polar surface area (TPSA) is 0 Å². The third kappa shape index (κ3) is 4.07. The zero-order chi connectivity index (χ0) is 16.9. The fourth-order valence-corrected chi connectivity index (χ4v) is 12.4. The molecule has 0 fully saturated rings. The quantitative estimate of drug-likeness (QED) is 0.272. The third-order valence-corrected chi connectivity index (χ3v) is 23.9. The van der Waals surface area contributed by atoms with Crippen LogP contribution < -0.4 is 35.2 Å². The molecule has 0 heterocycles. The molecule has 0 unspecified atom stereocenters. The Bertz CT molecular complexity index is 881. The molecule has 0 amide bonds. The van der Waals surface area contributed by atoms with Crippen LogP contribution in [0.15, 0.2) is 72.8 Å². The summed E-state index contributed by atoms with van der Waals surface area (Å²) in [4.78, 5) is 0. The Kier molecular flexibility index (Phi) is 7.97. The van der Waals surface area contributed by atoms with Gasteiger partial charge in [-0.15, -0.1) is 59.3 Å². The van der Waals surface area contributed by atoms with Gasteiger partial charge in [-0.25, -0.2) is 0 Å². The molecule has 0 aliphatic heterocycles. The van der Waals surface area contributed by atoms with Gasteiger partial charge in [-0.05, 0) is 0 Å². The Labute approximate surface area is 191 Å². The van der Waals surface area contributed by atoms with Crippen LogP contribution in [0.5, 0.6) is 0 Å². The second-order valence-electron chi connectivity index (χ2n) is 8.00. The van der Waals surface area contributed by atoms with Crippen molar-refractivity contribution in [3.05, 3.63) is 72.8 Å². The molecule has 0 nitrogen and oxygen atoms in total. The normalized spacial score (nSPS) is 11.6. The SMILES string of the molecule is C[Si](C)(c1cc2ccccc2[cH-]1)[Si](C)(C)c1cc2ccccc2[cH-]1.[Cl-].[Cl-].[Ti+4]. The van der Waals surface area contributed by atoms with Crippen LogP contribution in [0.2, 0.25) is 26.2 Å². The van der Waals surface area contributed by atoms with Gasteiger partial charge in [-0.1, -0.05) is 38.3 Å². The summed E-state index contributed by atoms with van der Waals surface area (Å²) in [6.07, 6.45) is 0. The summed E-state index contributed by atoms with van der Waals surface area (Å²) < 4.78 is 0. The maximum Gasteiger partial charge on any atom is 4.00 e. The van der Waals surface area contributed by atoms with Gasteiger partial charge >= 0.3 is 21.7 Å². The van der Waals surface area contributed by atoms with Gasteiger partial charge in [0.05, 0.1) is 15.2 Å². The standard InChI is InChI=1S/C22H24Si2.2ClH.Ti/c1-23(2,21-13-17-9-5-6-10-18(17)14-21)24(3,4)22-15-19-11-7-8-12-20(19)16-22;;;/h5-16H,1-4H3;2*1H;/q-2;;;+4/p-2. The maximum absolute atomic E-state index is 2.57. The Balaban J connectivity index is 0.00000121. The summed E-state index contributed by atoms with van der Waals surface area (Å²) in [7, 11) is -3.11. The van der Waals surface area contributed by atoms with Gasteiger partial charge < -0.3 is 24.8 Å². The zero-order valence-corrected chi connectivity index (χ0v) is 21.3. The number of benzene rings is 2. The van der Waals surface area contributed by atoms with E-state index < -0.39 is 15.2 Å². The molecular weight excluding hydrogens is 439 g/mol. The van der Waals surface area contributed by atoms with Gasteiger partial charge in [0.25, 0.3) is 0 Å². The third-order valence-electron chi connectivity index (χ3n) is 6.24. The molecule has 0 aromatic heterocycles. The molecule has 0 radical (unpaired) electrons. The van der Waals surface area contributed by atoms with E-state index in [2.05, 4.69) is 99.0 Å². The van der Waals surface area contributed by atoms with Crippen LogP contribution in [-0.4, -0.2) is 15.2 Å². The van der Waals surface area contributed by atoms with Crippen molar-refractivity contribution in [2.24, 2.45) is 0 Å². The predicted molar refractivity (Wildman–Crippen MR) is 113 cm³/mol. The Morgan fingerprint density at radius 3 is 1.26 bits per heavy atom. The van der Waals surface area contributed by atoms with E-state index in [1.54, 1.807) is 10.4 Å². The summed E-state index contributed by atoms with van der Waals surface area (Å²) in [5.41, 5.74) is 0. The Morgan fingerprint density at radius 2 is 0.926 bits per heavy atom. The van der Waals surface area contributed by atoms with Crippen LogP contribution >= 0.6 is 0 Å².